The molecule has 1 aliphatic heterocycles. The average Bonchev–Trinajstić information content (AvgIpc) is 3.04. The van der Waals surface area contributed by atoms with Crippen molar-refractivity contribution >= 4 is 11.8 Å². The van der Waals surface area contributed by atoms with Gasteiger partial charge in [-0.2, -0.15) is 0 Å². The number of rotatable bonds is 2. The van der Waals surface area contributed by atoms with Gasteiger partial charge in [0.1, 0.15) is 0 Å². The van der Waals surface area contributed by atoms with E-state index < -0.39 is 0 Å². The van der Waals surface area contributed by atoms with Crippen molar-refractivity contribution in [3.8, 4) is 0 Å². The fourth-order valence-corrected chi connectivity index (χ4v) is 4.08. The number of nitrogens with one attached hydrogen (secondary N) is 1. The SMILES string of the molecule is Cc1cc(C)c2c(c1)C(NC1CC1)CC(C)S2. The van der Waals surface area contributed by atoms with Crippen LogP contribution in [0.1, 0.15) is 48.9 Å². The fraction of sp³-hybridized carbons (Fsp3) is 0.600. The van der Waals surface area contributed by atoms with Gasteiger partial charge in [-0.25, -0.2) is 0 Å². The van der Waals surface area contributed by atoms with Crippen molar-refractivity contribution in [1.29, 1.82) is 0 Å². The predicted octanol–water partition coefficient (Wildman–Crippen LogP) is 3.98. The van der Waals surface area contributed by atoms with Crippen LogP contribution in [0.5, 0.6) is 0 Å². The van der Waals surface area contributed by atoms with E-state index in [1.54, 1.807) is 5.56 Å². The molecule has 0 radical (unpaired) electrons. The van der Waals surface area contributed by atoms with E-state index in [9.17, 15) is 0 Å². The lowest BCUT2D eigenvalue weighted by molar-refractivity contribution is 0.482. The minimum absolute atomic E-state index is 0.590. The van der Waals surface area contributed by atoms with E-state index in [0.29, 0.717) is 6.04 Å². The van der Waals surface area contributed by atoms with Crippen molar-refractivity contribution in [2.75, 3.05) is 0 Å². The number of hydrogen-bond acceptors (Lipinski definition) is 2. The molecule has 92 valence electrons. The van der Waals surface area contributed by atoms with Gasteiger partial charge in [0.25, 0.3) is 0 Å². The van der Waals surface area contributed by atoms with Crippen LogP contribution in [0.15, 0.2) is 17.0 Å². The molecule has 1 saturated carbocycles. The van der Waals surface area contributed by atoms with Crippen molar-refractivity contribution in [1.82, 2.24) is 5.32 Å². The Morgan fingerprint density at radius 2 is 2.00 bits per heavy atom. The fourth-order valence-electron chi connectivity index (χ4n) is 2.81. The quantitative estimate of drug-likeness (QED) is 0.848. The summed E-state index contributed by atoms with van der Waals surface area (Å²) in [6.07, 6.45) is 4.02. The van der Waals surface area contributed by atoms with Crippen LogP contribution in [0.3, 0.4) is 0 Å². The van der Waals surface area contributed by atoms with E-state index in [0.717, 1.165) is 11.3 Å². The molecule has 1 nitrogen and oxygen atoms in total. The molecule has 3 rings (SSSR count). The van der Waals surface area contributed by atoms with Crippen molar-refractivity contribution in [3.63, 3.8) is 0 Å². The summed E-state index contributed by atoms with van der Waals surface area (Å²) in [5.41, 5.74) is 4.41. The van der Waals surface area contributed by atoms with Crippen molar-refractivity contribution in [2.45, 2.75) is 62.3 Å². The minimum Gasteiger partial charge on any atom is -0.307 e. The van der Waals surface area contributed by atoms with E-state index >= 15 is 0 Å². The van der Waals surface area contributed by atoms with Crippen LogP contribution in [0, 0.1) is 13.8 Å². The van der Waals surface area contributed by atoms with E-state index in [1.165, 1.54) is 35.3 Å². The molecule has 17 heavy (non-hydrogen) atoms. The Labute approximate surface area is 108 Å². The summed E-state index contributed by atoms with van der Waals surface area (Å²) in [6.45, 7) is 6.82. The first-order valence-corrected chi connectivity index (χ1v) is 7.55. The Balaban J connectivity index is 1.97. The maximum absolute atomic E-state index is 3.82. The molecule has 2 aliphatic rings. The number of fused-ring (bicyclic) bond motifs is 1. The van der Waals surface area contributed by atoms with E-state index in [4.69, 9.17) is 0 Å². The Kier molecular flexibility index (Phi) is 2.95. The summed E-state index contributed by atoms with van der Waals surface area (Å²) in [7, 11) is 0. The molecule has 0 spiro atoms. The molecule has 0 saturated heterocycles. The lowest BCUT2D eigenvalue weighted by atomic mass is 9.97. The zero-order valence-corrected chi connectivity index (χ0v) is 11.7. The molecule has 2 heteroatoms. The number of aryl methyl sites for hydroxylation is 2. The van der Waals surface area contributed by atoms with Crippen LogP contribution in [0.2, 0.25) is 0 Å². The molecule has 1 fully saturated rings. The Hall–Kier alpha value is -0.470. The molecular weight excluding hydrogens is 226 g/mol. The van der Waals surface area contributed by atoms with Gasteiger partial charge in [-0.15, -0.1) is 11.8 Å². The van der Waals surface area contributed by atoms with Crippen LogP contribution >= 0.6 is 11.8 Å². The molecule has 1 aliphatic carbocycles. The highest BCUT2D eigenvalue weighted by molar-refractivity contribution is 8.00. The summed E-state index contributed by atoms with van der Waals surface area (Å²) < 4.78 is 0. The maximum atomic E-state index is 3.82. The van der Waals surface area contributed by atoms with Gasteiger partial charge >= 0.3 is 0 Å². The second-order valence-electron chi connectivity index (χ2n) is 5.66. The van der Waals surface area contributed by atoms with Crippen molar-refractivity contribution < 1.29 is 0 Å². The third-order valence-corrected chi connectivity index (χ3v) is 5.11. The third-order valence-electron chi connectivity index (χ3n) is 3.72. The van der Waals surface area contributed by atoms with Gasteiger partial charge in [0.05, 0.1) is 0 Å². The Morgan fingerprint density at radius 1 is 1.24 bits per heavy atom. The average molecular weight is 247 g/mol. The molecular formula is C15H21NS. The predicted molar refractivity (Wildman–Crippen MR) is 74.8 cm³/mol. The second kappa shape index (κ2) is 4.33. The number of thioether (sulfide) groups is 1. The first-order valence-electron chi connectivity index (χ1n) is 6.67. The number of benzene rings is 1. The second-order valence-corrected chi connectivity index (χ2v) is 7.11. The number of hydrogen-bond donors (Lipinski definition) is 1. The van der Waals surface area contributed by atoms with Crippen LogP contribution in [0.4, 0.5) is 0 Å². The summed E-state index contributed by atoms with van der Waals surface area (Å²) >= 11 is 2.06. The minimum atomic E-state index is 0.590. The van der Waals surface area contributed by atoms with Crippen LogP contribution in [-0.4, -0.2) is 11.3 Å². The topological polar surface area (TPSA) is 12.0 Å². The van der Waals surface area contributed by atoms with Crippen molar-refractivity contribution in [3.05, 3.63) is 28.8 Å². The molecule has 0 amide bonds. The molecule has 2 atom stereocenters. The highest BCUT2D eigenvalue weighted by Crippen LogP contribution is 2.43. The molecule has 2 unspecified atom stereocenters. The van der Waals surface area contributed by atoms with E-state index in [2.05, 4.69) is 50.0 Å². The van der Waals surface area contributed by atoms with Crippen LogP contribution in [0.25, 0.3) is 0 Å². The van der Waals surface area contributed by atoms with Gasteiger partial charge in [0.2, 0.25) is 0 Å². The summed E-state index contributed by atoms with van der Waals surface area (Å²) in [5, 5.41) is 4.56. The first kappa shape index (κ1) is 11.6. The smallest absolute Gasteiger partial charge is 0.0344 e. The van der Waals surface area contributed by atoms with Gasteiger partial charge in [-0.1, -0.05) is 24.6 Å². The van der Waals surface area contributed by atoms with Crippen LogP contribution < -0.4 is 5.32 Å². The normalized spacial score (nSPS) is 27.9. The highest BCUT2D eigenvalue weighted by Gasteiger charge is 2.31. The molecule has 0 bridgehead atoms. The lowest BCUT2D eigenvalue weighted by Crippen LogP contribution is -2.29. The van der Waals surface area contributed by atoms with Gasteiger partial charge in [0, 0.05) is 22.2 Å². The van der Waals surface area contributed by atoms with Crippen LogP contribution in [-0.2, 0) is 0 Å². The Bertz CT molecular complexity index is 437. The van der Waals surface area contributed by atoms with Gasteiger partial charge in [-0.05, 0) is 44.2 Å². The standard InChI is InChI=1S/C15H21NS/c1-9-6-10(2)15-13(7-9)14(8-11(3)17-15)16-12-4-5-12/h6-7,11-12,14,16H,4-5,8H2,1-3H3. The van der Waals surface area contributed by atoms with E-state index in [1.807, 2.05) is 0 Å². The summed E-state index contributed by atoms with van der Waals surface area (Å²) in [6, 6.07) is 6.09. The van der Waals surface area contributed by atoms with Crippen molar-refractivity contribution in [2.24, 2.45) is 0 Å². The third kappa shape index (κ3) is 2.38. The zero-order valence-electron chi connectivity index (χ0n) is 10.9. The van der Waals surface area contributed by atoms with E-state index in [-0.39, 0.29) is 0 Å². The molecule has 1 aromatic rings. The molecule has 1 N–H and O–H groups in total. The Morgan fingerprint density at radius 3 is 2.71 bits per heavy atom. The van der Waals surface area contributed by atoms with Gasteiger partial charge < -0.3 is 5.32 Å². The first-order chi connectivity index (χ1) is 8.13. The molecule has 1 heterocycles. The van der Waals surface area contributed by atoms with Gasteiger partial charge in [-0.3, -0.25) is 0 Å². The van der Waals surface area contributed by atoms with Gasteiger partial charge in [0.15, 0.2) is 0 Å². The zero-order chi connectivity index (χ0) is 12.0. The largest absolute Gasteiger partial charge is 0.307 e. The molecule has 1 aromatic carbocycles. The maximum Gasteiger partial charge on any atom is 0.0344 e. The monoisotopic (exact) mass is 247 g/mol. The highest BCUT2D eigenvalue weighted by atomic mass is 32.2. The lowest BCUT2D eigenvalue weighted by Gasteiger charge is -2.31. The summed E-state index contributed by atoms with van der Waals surface area (Å²) in [5.74, 6) is 0. The summed E-state index contributed by atoms with van der Waals surface area (Å²) in [4.78, 5) is 1.53. The molecule has 0 aromatic heterocycles.